The molecule has 0 heterocycles. The van der Waals surface area contributed by atoms with E-state index in [-0.39, 0.29) is 17.9 Å². The zero-order chi connectivity index (χ0) is 22.1. The number of nitrogens with zero attached hydrogens (tertiary/aromatic N) is 1. The minimum Gasteiger partial charge on any atom is -0.352 e. The molecule has 2 rings (SSSR count). The van der Waals surface area contributed by atoms with Crippen LogP contribution in [0, 0.1) is 6.92 Å². The molecule has 0 aliphatic carbocycles. The fraction of sp³-hybridized carbons (Fsp3) is 0.440. The van der Waals surface area contributed by atoms with Crippen LogP contribution in [-0.4, -0.2) is 28.8 Å². The molecule has 0 radical (unpaired) electrons. The zero-order valence-corrected chi connectivity index (χ0v) is 19.2. The van der Waals surface area contributed by atoms with Crippen LogP contribution in [0.25, 0.3) is 0 Å². The molecule has 2 amide bonds. The normalized spacial score (nSPS) is 12.8. The number of halogens is 1. The van der Waals surface area contributed by atoms with Gasteiger partial charge in [-0.3, -0.25) is 9.59 Å². The number of nitrogens with one attached hydrogen (secondary N) is 1. The zero-order valence-electron chi connectivity index (χ0n) is 18.5. The van der Waals surface area contributed by atoms with Gasteiger partial charge in [0, 0.05) is 24.0 Å². The number of hydrogen-bond acceptors (Lipinski definition) is 2. The van der Waals surface area contributed by atoms with Crippen LogP contribution in [0.3, 0.4) is 0 Å². The van der Waals surface area contributed by atoms with Gasteiger partial charge < -0.3 is 10.2 Å². The molecular formula is C25H33ClN2O2. The molecule has 0 spiro atoms. The number of benzene rings is 2. The van der Waals surface area contributed by atoms with Crippen LogP contribution in [0.15, 0.2) is 48.5 Å². The quantitative estimate of drug-likeness (QED) is 0.558. The Kier molecular flexibility index (Phi) is 9.38. The van der Waals surface area contributed by atoms with Crippen LogP contribution in [-0.2, 0) is 22.6 Å². The Balaban J connectivity index is 2.24. The largest absolute Gasteiger partial charge is 0.352 e. The van der Waals surface area contributed by atoms with Crippen LogP contribution in [0.5, 0.6) is 0 Å². The Bertz CT molecular complexity index is 853. The minimum absolute atomic E-state index is 0.0377. The summed E-state index contributed by atoms with van der Waals surface area (Å²) >= 11 is 6.26. The Hall–Kier alpha value is -2.33. The average molecular weight is 429 g/mol. The van der Waals surface area contributed by atoms with Crippen molar-refractivity contribution in [2.75, 3.05) is 0 Å². The van der Waals surface area contributed by atoms with E-state index < -0.39 is 6.04 Å². The summed E-state index contributed by atoms with van der Waals surface area (Å²) in [4.78, 5) is 28.0. The number of carbonyl (C=O) groups excluding carboxylic acids is 2. The predicted molar refractivity (Wildman–Crippen MR) is 123 cm³/mol. The molecule has 162 valence electrons. The van der Waals surface area contributed by atoms with Crippen LogP contribution in [0.2, 0.25) is 5.02 Å². The molecule has 0 aliphatic rings. The number of aryl methyl sites for hydroxylation is 2. The van der Waals surface area contributed by atoms with Crippen LogP contribution >= 0.6 is 11.6 Å². The highest BCUT2D eigenvalue weighted by molar-refractivity contribution is 6.31. The van der Waals surface area contributed by atoms with Crippen molar-refractivity contribution in [1.29, 1.82) is 0 Å². The van der Waals surface area contributed by atoms with Gasteiger partial charge in [-0.1, -0.05) is 67.9 Å². The summed E-state index contributed by atoms with van der Waals surface area (Å²) in [5.41, 5.74) is 3.11. The molecule has 0 saturated carbocycles. The minimum atomic E-state index is -0.502. The van der Waals surface area contributed by atoms with Gasteiger partial charge in [-0.25, -0.2) is 0 Å². The van der Waals surface area contributed by atoms with Crippen LogP contribution < -0.4 is 5.32 Å². The van der Waals surface area contributed by atoms with Crippen molar-refractivity contribution in [2.24, 2.45) is 0 Å². The van der Waals surface area contributed by atoms with Crippen molar-refractivity contribution in [2.45, 2.75) is 72.0 Å². The Morgan fingerprint density at radius 1 is 1.00 bits per heavy atom. The number of amides is 2. The van der Waals surface area contributed by atoms with E-state index in [1.807, 2.05) is 76.2 Å². The van der Waals surface area contributed by atoms with Crippen molar-refractivity contribution < 1.29 is 9.59 Å². The van der Waals surface area contributed by atoms with Crippen molar-refractivity contribution in [1.82, 2.24) is 10.2 Å². The van der Waals surface area contributed by atoms with Crippen LogP contribution in [0.4, 0.5) is 0 Å². The molecule has 0 aliphatic heterocycles. The van der Waals surface area contributed by atoms with E-state index in [4.69, 9.17) is 11.6 Å². The summed E-state index contributed by atoms with van der Waals surface area (Å²) in [7, 11) is 0. The summed E-state index contributed by atoms with van der Waals surface area (Å²) in [6.45, 7) is 8.41. The van der Waals surface area contributed by atoms with E-state index in [1.165, 1.54) is 0 Å². The Morgan fingerprint density at radius 3 is 2.23 bits per heavy atom. The summed E-state index contributed by atoms with van der Waals surface area (Å²) in [6, 6.07) is 15.1. The van der Waals surface area contributed by atoms with Crippen molar-refractivity contribution in [3.8, 4) is 0 Å². The molecule has 2 atom stereocenters. The third-order valence-corrected chi connectivity index (χ3v) is 5.92. The second-order valence-corrected chi connectivity index (χ2v) is 8.19. The lowest BCUT2D eigenvalue weighted by Gasteiger charge is -2.32. The molecule has 5 heteroatoms. The van der Waals surface area contributed by atoms with E-state index in [1.54, 1.807) is 4.90 Å². The first-order chi connectivity index (χ1) is 14.4. The van der Waals surface area contributed by atoms with E-state index in [0.717, 1.165) is 23.1 Å². The molecule has 4 nitrogen and oxygen atoms in total. The number of carbonyl (C=O) groups is 2. The topological polar surface area (TPSA) is 49.4 Å². The summed E-state index contributed by atoms with van der Waals surface area (Å²) < 4.78 is 0. The Labute approximate surface area is 185 Å². The van der Waals surface area contributed by atoms with Gasteiger partial charge in [0.15, 0.2) is 0 Å². The van der Waals surface area contributed by atoms with Crippen molar-refractivity contribution >= 4 is 23.4 Å². The van der Waals surface area contributed by atoms with E-state index in [9.17, 15) is 9.59 Å². The third kappa shape index (κ3) is 6.60. The fourth-order valence-electron chi connectivity index (χ4n) is 3.42. The highest BCUT2D eigenvalue weighted by Gasteiger charge is 2.29. The summed E-state index contributed by atoms with van der Waals surface area (Å²) in [6.07, 6.45) is 2.27. The second kappa shape index (κ2) is 11.8. The molecule has 0 saturated heterocycles. The monoisotopic (exact) mass is 428 g/mol. The smallest absolute Gasteiger partial charge is 0.243 e. The molecule has 0 bridgehead atoms. The SMILES string of the molecule is CC[C@H](C)NC(=O)[C@H](CC)N(Cc1ccccc1C)C(=O)CCc1ccccc1Cl. The molecule has 2 aromatic rings. The molecular weight excluding hydrogens is 396 g/mol. The predicted octanol–water partition coefficient (Wildman–Crippen LogP) is 5.30. The maximum absolute atomic E-state index is 13.3. The van der Waals surface area contributed by atoms with Gasteiger partial charge in [-0.05, 0) is 55.9 Å². The maximum Gasteiger partial charge on any atom is 0.243 e. The molecule has 0 aromatic heterocycles. The van der Waals surface area contributed by atoms with Gasteiger partial charge in [0.25, 0.3) is 0 Å². The molecule has 30 heavy (non-hydrogen) atoms. The van der Waals surface area contributed by atoms with Gasteiger partial charge in [-0.15, -0.1) is 0 Å². The maximum atomic E-state index is 13.3. The second-order valence-electron chi connectivity index (χ2n) is 7.78. The van der Waals surface area contributed by atoms with Crippen LogP contribution in [0.1, 0.15) is 56.7 Å². The van der Waals surface area contributed by atoms with E-state index in [2.05, 4.69) is 5.32 Å². The fourth-order valence-corrected chi connectivity index (χ4v) is 3.65. The van der Waals surface area contributed by atoms with Crippen molar-refractivity contribution in [3.63, 3.8) is 0 Å². The standard InChI is InChI=1S/C25H33ClN2O2/c1-5-19(4)27-25(30)23(6-2)28(17-21-13-8-7-11-18(21)3)24(29)16-15-20-12-9-10-14-22(20)26/h7-14,19,23H,5-6,15-17H2,1-4H3,(H,27,30)/t19-,23-/m0/s1. The first kappa shape index (κ1) is 23.9. The number of hydrogen-bond donors (Lipinski definition) is 1. The highest BCUT2D eigenvalue weighted by Crippen LogP contribution is 2.20. The Morgan fingerprint density at radius 2 is 1.63 bits per heavy atom. The molecule has 0 fully saturated rings. The van der Waals surface area contributed by atoms with Crippen molar-refractivity contribution in [3.05, 3.63) is 70.2 Å². The first-order valence-corrected chi connectivity index (χ1v) is 11.1. The molecule has 2 aromatic carbocycles. The van der Waals surface area contributed by atoms with E-state index >= 15 is 0 Å². The molecule has 1 N–H and O–H groups in total. The van der Waals surface area contributed by atoms with Gasteiger partial charge in [0.1, 0.15) is 6.04 Å². The highest BCUT2D eigenvalue weighted by atomic mass is 35.5. The van der Waals surface area contributed by atoms with Gasteiger partial charge in [0.2, 0.25) is 11.8 Å². The molecule has 0 unspecified atom stereocenters. The first-order valence-electron chi connectivity index (χ1n) is 10.7. The lowest BCUT2D eigenvalue weighted by molar-refractivity contribution is -0.141. The average Bonchev–Trinajstić information content (AvgIpc) is 2.74. The van der Waals surface area contributed by atoms with Gasteiger partial charge in [0.05, 0.1) is 0 Å². The van der Waals surface area contributed by atoms with Gasteiger partial charge in [-0.2, -0.15) is 0 Å². The van der Waals surface area contributed by atoms with E-state index in [0.29, 0.717) is 30.8 Å². The summed E-state index contributed by atoms with van der Waals surface area (Å²) in [5, 5.41) is 3.71. The van der Waals surface area contributed by atoms with Gasteiger partial charge >= 0.3 is 0 Å². The third-order valence-electron chi connectivity index (χ3n) is 5.55. The lowest BCUT2D eigenvalue weighted by atomic mass is 10.0. The summed E-state index contributed by atoms with van der Waals surface area (Å²) in [5.74, 6) is -0.129. The lowest BCUT2D eigenvalue weighted by Crippen LogP contribution is -2.50. The number of rotatable bonds is 10.